The van der Waals surface area contributed by atoms with E-state index in [4.69, 9.17) is 0 Å². The summed E-state index contributed by atoms with van der Waals surface area (Å²) in [6.07, 6.45) is 1.67. The maximum absolute atomic E-state index is 14.7. The van der Waals surface area contributed by atoms with Crippen molar-refractivity contribution in [1.29, 1.82) is 0 Å². The summed E-state index contributed by atoms with van der Waals surface area (Å²) in [5.74, 6) is -3.50. The normalized spacial score (nSPS) is 22.7. The number of alkyl halides is 2. The molecule has 1 aliphatic carbocycles. The lowest BCUT2D eigenvalue weighted by Gasteiger charge is -2.20. The molecule has 22 heavy (non-hydrogen) atoms. The summed E-state index contributed by atoms with van der Waals surface area (Å²) in [6.45, 7) is 1.81. The van der Waals surface area contributed by atoms with Crippen molar-refractivity contribution < 1.29 is 8.78 Å². The maximum Gasteiger partial charge on any atom is 0.262 e. The lowest BCUT2D eigenvalue weighted by atomic mass is 9.88. The molecule has 3 heteroatoms. The SMILES string of the molecule is FC1(F)Cc2c(ccc3c2CCNCC3)C1c1ccccc1. The van der Waals surface area contributed by atoms with Gasteiger partial charge >= 0.3 is 0 Å². The van der Waals surface area contributed by atoms with E-state index in [0.29, 0.717) is 0 Å². The molecule has 0 aromatic heterocycles. The van der Waals surface area contributed by atoms with Crippen LogP contribution in [-0.2, 0) is 19.3 Å². The van der Waals surface area contributed by atoms with Crippen LogP contribution in [0, 0.1) is 0 Å². The Kier molecular flexibility index (Phi) is 3.26. The largest absolute Gasteiger partial charge is 0.316 e. The third-order valence-corrected chi connectivity index (χ3v) is 4.97. The molecule has 0 saturated heterocycles. The van der Waals surface area contributed by atoms with Crippen molar-refractivity contribution in [3.63, 3.8) is 0 Å². The standard InChI is InChI=1S/C19H19F2N/c20-19(21)12-17-15-9-11-22-10-8-13(15)6-7-16(17)18(19)14-4-2-1-3-5-14/h1-7,18,22H,8-12H2. The van der Waals surface area contributed by atoms with Gasteiger partial charge in [-0.3, -0.25) is 0 Å². The van der Waals surface area contributed by atoms with E-state index in [1.54, 1.807) is 0 Å². The molecule has 2 aliphatic rings. The Balaban J connectivity index is 1.86. The molecule has 0 saturated carbocycles. The van der Waals surface area contributed by atoms with Crippen LogP contribution in [0.5, 0.6) is 0 Å². The summed E-state index contributed by atoms with van der Waals surface area (Å²) in [6, 6.07) is 13.2. The molecule has 1 nitrogen and oxygen atoms in total. The fourth-order valence-electron chi connectivity index (χ4n) is 3.98. The van der Waals surface area contributed by atoms with Crippen LogP contribution in [-0.4, -0.2) is 19.0 Å². The highest BCUT2D eigenvalue weighted by atomic mass is 19.3. The molecule has 1 atom stereocenters. The first kappa shape index (κ1) is 13.9. The summed E-state index contributed by atoms with van der Waals surface area (Å²) in [4.78, 5) is 0. The van der Waals surface area contributed by atoms with E-state index in [2.05, 4.69) is 11.4 Å². The van der Waals surface area contributed by atoms with E-state index in [9.17, 15) is 8.78 Å². The molecule has 0 radical (unpaired) electrons. The summed E-state index contributed by atoms with van der Waals surface area (Å²) in [7, 11) is 0. The smallest absolute Gasteiger partial charge is 0.262 e. The second kappa shape index (κ2) is 5.17. The zero-order valence-electron chi connectivity index (χ0n) is 12.4. The van der Waals surface area contributed by atoms with Crippen molar-refractivity contribution in [1.82, 2.24) is 5.32 Å². The van der Waals surface area contributed by atoms with Crippen molar-refractivity contribution in [2.24, 2.45) is 0 Å². The molecule has 1 aliphatic heterocycles. The van der Waals surface area contributed by atoms with Gasteiger partial charge in [0.1, 0.15) is 0 Å². The Morgan fingerprint density at radius 1 is 0.909 bits per heavy atom. The summed E-state index contributed by atoms with van der Waals surface area (Å²) in [5, 5.41) is 3.36. The Bertz CT molecular complexity index is 694. The first-order valence-corrected chi connectivity index (χ1v) is 7.94. The predicted molar refractivity (Wildman–Crippen MR) is 83.7 cm³/mol. The topological polar surface area (TPSA) is 12.0 Å². The van der Waals surface area contributed by atoms with E-state index in [-0.39, 0.29) is 6.42 Å². The summed E-state index contributed by atoms with van der Waals surface area (Å²) >= 11 is 0. The molecule has 0 amide bonds. The van der Waals surface area contributed by atoms with Crippen molar-refractivity contribution >= 4 is 0 Å². The number of benzene rings is 2. The molecular weight excluding hydrogens is 280 g/mol. The zero-order valence-corrected chi connectivity index (χ0v) is 12.4. The highest BCUT2D eigenvalue weighted by molar-refractivity contribution is 5.52. The Labute approximate surface area is 129 Å². The molecule has 0 spiro atoms. The van der Waals surface area contributed by atoms with Gasteiger partial charge in [-0.2, -0.15) is 0 Å². The predicted octanol–water partition coefficient (Wildman–Crippen LogP) is 3.70. The van der Waals surface area contributed by atoms with E-state index in [1.165, 1.54) is 11.1 Å². The minimum atomic E-state index is -2.70. The summed E-state index contributed by atoms with van der Waals surface area (Å²) < 4.78 is 29.5. The average molecular weight is 299 g/mol. The van der Waals surface area contributed by atoms with Crippen molar-refractivity contribution in [2.45, 2.75) is 31.1 Å². The van der Waals surface area contributed by atoms with Gasteiger partial charge in [0, 0.05) is 6.42 Å². The highest BCUT2D eigenvalue weighted by Gasteiger charge is 2.49. The van der Waals surface area contributed by atoms with Gasteiger partial charge in [-0.15, -0.1) is 0 Å². The van der Waals surface area contributed by atoms with Crippen LogP contribution < -0.4 is 5.32 Å². The minimum Gasteiger partial charge on any atom is -0.316 e. The fraction of sp³-hybridized carbons (Fsp3) is 0.368. The molecular formula is C19H19F2N. The molecule has 4 rings (SSSR count). The zero-order chi connectivity index (χ0) is 15.2. The van der Waals surface area contributed by atoms with Crippen LogP contribution in [0.25, 0.3) is 0 Å². The second-order valence-electron chi connectivity index (χ2n) is 6.30. The molecule has 1 heterocycles. The molecule has 1 N–H and O–H groups in total. The van der Waals surface area contributed by atoms with Crippen molar-refractivity contribution in [3.05, 3.63) is 70.3 Å². The van der Waals surface area contributed by atoms with Gasteiger partial charge in [0.05, 0.1) is 5.92 Å². The van der Waals surface area contributed by atoms with Gasteiger partial charge in [-0.05, 0) is 53.7 Å². The number of nitrogens with one attached hydrogen (secondary N) is 1. The van der Waals surface area contributed by atoms with E-state index >= 15 is 0 Å². The average Bonchev–Trinajstić information content (AvgIpc) is 2.66. The minimum absolute atomic E-state index is 0.120. The van der Waals surface area contributed by atoms with Crippen LogP contribution >= 0.6 is 0 Å². The first-order valence-electron chi connectivity index (χ1n) is 7.94. The Morgan fingerprint density at radius 2 is 1.68 bits per heavy atom. The third kappa shape index (κ3) is 2.15. The van der Waals surface area contributed by atoms with Crippen LogP contribution in [0.3, 0.4) is 0 Å². The number of fused-ring (bicyclic) bond motifs is 3. The van der Waals surface area contributed by atoms with Gasteiger partial charge in [0.15, 0.2) is 0 Å². The third-order valence-electron chi connectivity index (χ3n) is 4.97. The number of hydrogen-bond donors (Lipinski definition) is 1. The number of halogens is 2. The fourth-order valence-corrected chi connectivity index (χ4v) is 3.98. The number of rotatable bonds is 1. The quantitative estimate of drug-likeness (QED) is 0.846. The van der Waals surface area contributed by atoms with Crippen LogP contribution in [0.2, 0.25) is 0 Å². The van der Waals surface area contributed by atoms with Crippen LogP contribution in [0.15, 0.2) is 42.5 Å². The van der Waals surface area contributed by atoms with Gasteiger partial charge in [-0.1, -0.05) is 42.5 Å². The molecule has 114 valence electrons. The molecule has 1 unspecified atom stereocenters. The van der Waals surface area contributed by atoms with Crippen LogP contribution in [0.4, 0.5) is 8.78 Å². The molecule has 2 aromatic rings. The van der Waals surface area contributed by atoms with Crippen molar-refractivity contribution in [2.75, 3.05) is 13.1 Å². The van der Waals surface area contributed by atoms with E-state index < -0.39 is 11.8 Å². The maximum atomic E-state index is 14.7. The Hall–Kier alpha value is -1.74. The molecule has 2 aromatic carbocycles. The summed E-state index contributed by atoms with van der Waals surface area (Å²) in [5.41, 5.74) is 4.86. The van der Waals surface area contributed by atoms with Gasteiger partial charge in [-0.25, -0.2) is 8.78 Å². The lowest BCUT2D eigenvalue weighted by Crippen LogP contribution is -2.23. The van der Waals surface area contributed by atoms with Crippen molar-refractivity contribution in [3.8, 4) is 0 Å². The first-order chi connectivity index (χ1) is 10.7. The van der Waals surface area contributed by atoms with E-state index in [0.717, 1.165) is 42.6 Å². The highest BCUT2D eigenvalue weighted by Crippen LogP contribution is 2.50. The van der Waals surface area contributed by atoms with Gasteiger partial charge in [0.25, 0.3) is 5.92 Å². The van der Waals surface area contributed by atoms with Gasteiger partial charge in [0.2, 0.25) is 0 Å². The number of hydrogen-bond acceptors (Lipinski definition) is 1. The Morgan fingerprint density at radius 3 is 2.50 bits per heavy atom. The molecule has 0 bridgehead atoms. The molecule has 0 fully saturated rings. The lowest BCUT2D eigenvalue weighted by molar-refractivity contribution is -0.00367. The monoisotopic (exact) mass is 299 g/mol. The second-order valence-corrected chi connectivity index (χ2v) is 6.30. The van der Waals surface area contributed by atoms with Crippen LogP contribution in [0.1, 0.15) is 33.7 Å². The van der Waals surface area contributed by atoms with E-state index in [1.807, 2.05) is 36.4 Å². The van der Waals surface area contributed by atoms with Gasteiger partial charge < -0.3 is 5.32 Å².